The van der Waals surface area contributed by atoms with Crippen LogP contribution in [0.4, 0.5) is 0 Å². The van der Waals surface area contributed by atoms with Gasteiger partial charge in [0.05, 0.1) is 13.7 Å². The van der Waals surface area contributed by atoms with E-state index >= 15 is 0 Å². The first-order valence-corrected chi connectivity index (χ1v) is 9.30. The van der Waals surface area contributed by atoms with Gasteiger partial charge >= 0.3 is 0 Å². The van der Waals surface area contributed by atoms with Crippen LogP contribution in [0, 0.1) is 0 Å². The highest BCUT2D eigenvalue weighted by Crippen LogP contribution is 2.29. The second-order valence-electron chi connectivity index (χ2n) is 7.28. The topological polar surface area (TPSA) is 32.8 Å². The lowest BCUT2D eigenvalue weighted by Crippen LogP contribution is -2.44. The minimum atomic E-state index is 0.280. The third-order valence-electron chi connectivity index (χ3n) is 5.46. The van der Waals surface area contributed by atoms with Gasteiger partial charge in [0.15, 0.2) is 0 Å². The molecule has 2 fully saturated rings. The Morgan fingerprint density at radius 1 is 1.04 bits per heavy atom. The summed E-state index contributed by atoms with van der Waals surface area (Å²) in [6.07, 6.45) is 8.63. The van der Waals surface area contributed by atoms with Crippen molar-refractivity contribution >= 4 is 5.91 Å². The Kier molecular flexibility index (Phi) is 5.77. The Bertz CT molecular complexity index is 533. The molecule has 1 aromatic carbocycles. The first kappa shape index (κ1) is 17.3. The number of benzene rings is 1. The molecule has 24 heavy (non-hydrogen) atoms. The predicted molar refractivity (Wildman–Crippen MR) is 96.1 cm³/mol. The fourth-order valence-electron chi connectivity index (χ4n) is 3.68. The number of likely N-dealkylation sites (N-methyl/N-ethyl adjacent to an activating group) is 1. The van der Waals surface area contributed by atoms with E-state index in [1.165, 1.54) is 50.5 Å². The maximum atomic E-state index is 12.7. The second kappa shape index (κ2) is 8.02. The van der Waals surface area contributed by atoms with Crippen molar-refractivity contribution in [3.05, 3.63) is 29.8 Å². The van der Waals surface area contributed by atoms with E-state index in [-0.39, 0.29) is 5.91 Å². The molecular formula is C20H30N2O2. The molecule has 2 saturated carbocycles. The van der Waals surface area contributed by atoms with Crippen LogP contribution in [0.25, 0.3) is 0 Å². The molecule has 0 unspecified atom stereocenters. The number of ether oxygens (including phenoxy) is 1. The van der Waals surface area contributed by atoms with Crippen LogP contribution in [0.1, 0.15) is 50.5 Å². The Balaban J connectivity index is 1.57. The van der Waals surface area contributed by atoms with Gasteiger partial charge in [0, 0.05) is 25.7 Å². The van der Waals surface area contributed by atoms with Crippen molar-refractivity contribution in [2.45, 2.75) is 63.6 Å². The van der Waals surface area contributed by atoms with E-state index in [0.29, 0.717) is 18.6 Å². The lowest BCUT2D eigenvalue weighted by Gasteiger charge is -2.33. The molecule has 3 rings (SSSR count). The fourth-order valence-corrected chi connectivity index (χ4v) is 3.68. The lowest BCUT2D eigenvalue weighted by atomic mass is 9.94. The summed E-state index contributed by atoms with van der Waals surface area (Å²) in [5.74, 6) is 1.16. The molecule has 0 aliphatic heterocycles. The summed E-state index contributed by atoms with van der Waals surface area (Å²) >= 11 is 0. The van der Waals surface area contributed by atoms with Gasteiger partial charge in [0.2, 0.25) is 5.91 Å². The molecule has 0 N–H and O–H groups in total. The Morgan fingerprint density at radius 3 is 2.29 bits per heavy atom. The van der Waals surface area contributed by atoms with Crippen LogP contribution >= 0.6 is 0 Å². The maximum Gasteiger partial charge on any atom is 0.236 e. The molecule has 132 valence electrons. The standard InChI is InChI=1S/C20H30N2O2/c1-21(17-6-4-3-5-7-17)20(23)15-22(18-10-11-18)14-16-8-12-19(24-2)13-9-16/h8-9,12-13,17-18H,3-7,10-11,14-15H2,1-2H3. The Labute approximate surface area is 145 Å². The zero-order valence-electron chi connectivity index (χ0n) is 15.0. The molecule has 2 aliphatic rings. The maximum absolute atomic E-state index is 12.7. The van der Waals surface area contributed by atoms with Crippen molar-refractivity contribution < 1.29 is 9.53 Å². The van der Waals surface area contributed by atoms with Crippen molar-refractivity contribution in [2.75, 3.05) is 20.7 Å². The first-order chi connectivity index (χ1) is 11.7. The SMILES string of the molecule is COc1ccc(CN(CC(=O)N(C)C2CCCCC2)C2CC2)cc1. The normalized spacial score (nSPS) is 18.6. The van der Waals surface area contributed by atoms with Crippen molar-refractivity contribution in [3.8, 4) is 5.75 Å². The number of methoxy groups -OCH3 is 1. The molecule has 0 atom stereocenters. The molecule has 4 nitrogen and oxygen atoms in total. The zero-order chi connectivity index (χ0) is 16.9. The van der Waals surface area contributed by atoms with Gasteiger partial charge in [-0.25, -0.2) is 0 Å². The van der Waals surface area contributed by atoms with E-state index in [4.69, 9.17) is 4.74 Å². The minimum absolute atomic E-state index is 0.280. The van der Waals surface area contributed by atoms with Crippen LogP contribution in [0.3, 0.4) is 0 Å². The summed E-state index contributed by atoms with van der Waals surface area (Å²) in [5, 5.41) is 0. The molecule has 0 bridgehead atoms. The van der Waals surface area contributed by atoms with Gasteiger partial charge in [-0.1, -0.05) is 31.4 Å². The smallest absolute Gasteiger partial charge is 0.236 e. The predicted octanol–water partition coefficient (Wildman–Crippen LogP) is 3.45. The molecule has 1 aromatic rings. The van der Waals surface area contributed by atoms with Gasteiger partial charge < -0.3 is 9.64 Å². The van der Waals surface area contributed by atoms with Crippen LogP contribution in [-0.2, 0) is 11.3 Å². The molecular weight excluding hydrogens is 300 g/mol. The van der Waals surface area contributed by atoms with Gasteiger partial charge in [-0.2, -0.15) is 0 Å². The molecule has 0 spiro atoms. The molecule has 2 aliphatic carbocycles. The Morgan fingerprint density at radius 2 is 1.71 bits per heavy atom. The lowest BCUT2D eigenvalue weighted by molar-refractivity contribution is -0.134. The number of hydrogen-bond donors (Lipinski definition) is 0. The third kappa shape index (κ3) is 4.50. The van der Waals surface area contributed by atoms with E-state index in [2.05, 4.69) is 17.0 Å². The largest absolute Gasteiger partial charge is 0.497 e. The first-order valence-electron chi connectivity index (χ1n) is 9.30. The average Bonchev–Trinajstić information content (AvgIpc) is 3.47. The van der Waals surface area contributed by atoms with Crippen LogP contribution in [0.15, 0.2) is 24.3 Å². The molecule has 0 aromatic heterocycles. The highest BCUT2D eigenvalue weighted by atomic mass is 16.5. The van der Waals surface area contributed by atoms with E-state index in [1.807, 2.05) is 24.1 Å². The quantitative estimate of drug-likeness (QED) is 0.768. The van der Waals surface area contributed by atoms with Crippen LogP contribution in [-0.4, -0.2) is 48.5 Å². The van der Waals surface area contributed by atoms with Crippen molar-refractivity contribution in [1.29, 1.82) is 0 Å². The highest BCUT2D eigenvalue weighted by Gasteiger charge is 2.32. The highest BCUT2D eigenvalue weighted by molar-refractivity contribution is 5.78. The molecule has 0 saturated heterocycles. The van der Waals surface area contributed by atoms with E-state index in [1.54, 1.807) is 7.11 Å². The summed E-state index contributed by atoms with van der Waals surface area (Å²) in [6.45, 7) is 1.39. The summed E-state index contributed by atoms with van der Waals surface area (Å²) in [6, 6.07) is 9.23. The minimum Gasteiger partial charge on any atom is -0.497 e. The molecule has 0 radical (unpaired) electrons. The second-order valence-corrected chi connectivity index (χ2v) is 7.28. The summed E-state index contributed by atoms with van der Waals surface area (Å²) in [7, 11) is 3.68. The monoisotopic (exact) mass is 330 g/mol. The van der Waals surface area contributed by atoms with Crippen LogP contribution < -0.4 is 4.74 Å². The van der Waals surface area contributed by atoms with Crippen LogP contribution in [0.5, 0.6) is 5.75 Å². The zero-order valence-corrected chi connectivity index (χ0v) is 15.0. The summed E-state index contributed by atoms with van der Waals surface area (Å²) in [5.41, 5.74) is 1.25. The van der Waals surface area contributed by atoms with Gasteiger partial charge in [0.25, 0.3) is 0 Å². The van der Waals surface area contributed by atoms with Gasteiger partial charge in [-0.15, -0.1) is 0 Å². The third-order valence-corrected chi connectivity index (χ3v) is 5.46. The Hall–Kier alpha value is -1.55. The van der Waals surface area contributed by atoms with E-state index in [0.717, 1.165) is 12.3 Å². The van der Waals surface area contributed by atoms with Gasteiger partial charge in [-0.3, -0.25) is 9.69 Å². The number of nitrogens with zero attached hydrogens (tertiary/aromatic N) is 2. The molecule has 4 heteroatoms. The summed E-state index contributed by atoms with van der Waals surface area (Å²) in [4.78, 5) is 17.1. The van der Waals surface area contributed by atoms with Crippen LogP contribution in [0.2, 0.25) is 0 Å². The van der Waals surface area contributed by atoms with Gasteiger partial charge in [0.1, 0.15) is 5.75 Å². The van der Waals surface area contributed by atoms with E-state index in [9.17, 15) is 4.79 Å². The number of rotatable bonds is 7. The molecule has 0 heterocycles. The number of carbonyl (C=O) groups is 1. The number of carbonyl (C=O) groups excluding carboxylic acids is 1. The molecule has 1 amide bonds. The number of amides is 1. The average molecular weight is 330 g/mol. The van der Waals surface area contributed by atoms with Crippen molar-refractivity contribution in [2.24, 2.45) is 0 Å². The summed E-state index contributed by atoms with van der Waals surface area (Å²) < 4.78 is 5.22. The van der Waals surface area contributed by atoms with Crippen molar-refractivity contribution in [1.82, 2.24) is 9.80 Å². The van der Waals surface area contributed by atoms with Crippen molar-refractivity contribution in [3.63, 3.8) is 0 Å². The van der Waals surface area contributed by atoms with E-state index < -0.39 is 0 Å². The van der Waals surface area contributed by atoms with Gasteiger partial charge in [-0.05, 0) is 43.4 Å². The number of hydrogen-bond acceptors (Lipinski definition) is 3. The fraction of sp³-hybridized carbons (Fsp3) is 0.650.